The lowest BCUT2D eigenvalue weighted by Gasteiger charge is -2.41. The second-order valence-electron chi connectivity index (χ2n) is 9.29. The van der Waals surface area contributed by atoms with Crippen LogP contribution in [0.15, 0.2) is 42.5 Å². The van der Waals surface area contributed by atoms with Gasteiger partial charge >= 0.3 is 17.9 Å². The SMILES string of the molecule is CCOC(=O)C1(O)C[C@@H](OC(=O)/C=C/c2ccc(O)c(O)c2)C(O)[C@H](OC(=O)/C=C/c2cc(OC)c(O)c(OC)c2)C1. The van der Waals surface area contributed by atoms with Crippen LogP contribution >= 0.6 is 0 Å². The van der Waals surface area contributed by atoms with Gasteiger partial charge in [-0.15, -0.1) is 0 Å². The molecule has 2 unspecified atom stereocenters. The number of carbonyl (C=O) groups is 3. The highest BCUT2D eigenvalue weighted by atomic mass is 16.6. The first-order valence-electron chi connectivity index (χ1n) is 12.7. The maximum Gasteiger partial charge on any atom is 0.338 e. The third kappa shape index (κ3) is 7.71. The number of aliphatic hydroxyl groups is 2. The zero-order valence-corrected chi connectivity index (χ0v) is 23.1. The van der Waals surface area contributed by atoms with E-state index in [0.717, 1.165) is 12.2 Å². The van der Waals surface area contributed by atoms with E-state index in [9.17, 15) is 39.9 Å². The Hall–Kier alpha value is -4.75. The summed E-state index contributed by atoms with van der Waals surface area (Å²) in [5.74, 6) is -3.80. The van der Waals surface area contributed by atoms with E-state index in [1.54, 1.807) is 0 Å². The largest absolute Gasteiger partial charge is 0.504 e. The van der Waals surface area contributed by atoms with Gasteiger partial charge in [-0.25, -0.2) is 14.4 Å². The fourth-order valence-electron chi connectivity index (χ4n) is 4.24. The molecule has 1 aliphatic carbocycles. The molecule has 1 aliphatic rings. The lowest BCUT2D eigenvalue weighted by molar-refractivity contribution is -0.206. The molecule has 2 aromatic rings. The first kappa shape index (κ1) is 31.8. The van der Waals surface area contributed by atoms with Crippen LogP contribution in [-0.4, -0.2) is 88.2 Å². The van der Waals surface area contributed by atoms with Crippen molar-refractivity contribution in [1.82, 2.24) is 0 Å². The summed E-state index contributed by atoms with van der Waals surface area (Å²) >= 11 is 0. The molecular weight excluding hydrogens is 556 g/mol. The van der Waals surface area contributed by atoms with Crippen molar-refractivity contribution in [3.63, 3.8) is 0 Å². The maximum absolute atomic E-state index is 12.7. The molecule has 0 heterocycles. The molecule has 0 radical (unpaired) electrons. The Bertz CT molecular complexity index is 1340. The third-order valence-electron chi connectivity index (χ3n) is 6.36. The van der Waals surface area contributed by atoms with Crippen molar-refractivity contribution in [2.45, 2.75) is 43.7 Å². The van der Waals surface area contributed by atoms with E-state index in [2.05, 4.69) is 0 Å². The Morgan fingerprint density at radius 2 is 1.38 bits per heavy atom. The summed E-state index contributed by atoms with van der Waals surface area (Å²) in [6.45, 7) is 1.46. The molecule has 1 saturated carbocycles. The fraction of sp³-hybridized carbons (Fsp3) is 0.345. The molecule has 0 amide bonds. The van der Waals surface area contributed by atoms with Gasteiger partial charge in [0, 0.05) is 25.0 Å². The molecule has 226 valence electrons. The van der Waals surface area contributed by atoms with Gasteiger partial charge in [0.05, 0.1) is 20.8 Å². The number of ether oxygens (including phenoxy) is 5. The van der Waals surface area contributed by atoms with Crippen LogP contribution in [0.4, 0.5) is 0 Å². The van der Waals surface area contributed by atoms with Gasteiger partial charge in [0.1, 0.15) is 18.3 Å². The van der Waals surface area contributed by atoms with Gasteiger partial charge < -0.3 is 49.2 Å². The van der Waals surface area contributed by atoms with Crippen molar-refractivity contribution in [3.05, 3.63) is 53.6 Å². The molecule has 0 aromatic heterocycles. The average Bonchev–Trinajstić information content (AvgIpc) is 2.95. The maximum atomic E-state index is 12.7. The van der Waals surface area contributed by atoms with E-state index in [4.69, 9.17) is 23.7 Å². The predicted octanol–water partition coefficient (Wildman–Crippen LogP) is 1.82. The van der Waals surface area contributed by atoms with Crippen LogP contribution in [0.2, 0.25) is 0 Å². The van der Waals surface area contributed by atoms with Gasteiger partial charge in [0.2, 0.25) is 5.75 Å². The third-order valence-corrected chi connectivity index (χ3v) is 6.36. The summed E-state index contributed by atoms with van der Waals surface area (Å²) in [6.07, 6.45) is -1.09. The topological polar surface area (TPSA) is 199 Å². The van der Waals surface area contributed by atoms with Crippen molar-refractivity contribution in [2.75, 3.05) is 20.8 Å². The highest BCUT2D eigenvalue weighted by molar-refractivity contribution is 5.88. The van der Waals surface area contributed by atoms with Gasteiger partial charge in [0.15, 0.2) is 28.6 Å². The Balaban J connectivity index is 1.78. The minimum Gasteiger partial charge on any atom is -0.504 e. The van der Waals surface area contributed by atoms with Crippen LogP contribution in [0, 0.1) is 0 Å². The van der Waals surface area contributed by atoms with Gasteiger partial charge in [-0.2, -0.15) is 0 Å². The minimum atomic E-state index is -2.25. The number of benzene rings is 2. The van der Waals surface area contributed by atoms with Crippen LogP contribution in [-0.2, 0) is 28.6 Å². The zero-order valence-electron chi connectivity index (χ0n) is 23.1. The molecule has 2 aromatic carbocycles. The molecule has 4 atom stereocenters. The first-order valence-corrected chi connectivity index (χ1v) is 12.7. The second kappa shape index (κ2) is 13.7. The van der Waals surface area contributed by atoms with Crippen LogP contribution in [0.5, 0.6) is 28.7 Å². The molecule has 0 aliphatic heterocycles. The quantitative estimate of drug-likeness (QED) is 0.117. The number of phenolic OH excluding ortho intramolecular Hbond substituents is 3. The molecule has 0 spiro atoms. The normalized spacial score (nSPS) is 22.1. The number of esters is 3. The Labute approximate surface area is 240 Å². The predicted molar refractivity (Wildman–Crippen MR) is 146 cm³/mol. The fourth-order valence-corrected chi connectivity index (χ4v) is 4.24. The van der Waals surface area contributed by atoms with E-state index < -0.39 is 60.4 Å². The monoisotopic (exact) mass is 588 g/mol. The Kier molecular flexibility index (Phi) is 10.4. The number of hydrogen-bond donors (Lipinski definition) is 5. The lowest BCUT2D eigenvalue weighted by atomic mass is 9.79. The van der Waals surface area contributed by atoms with Crippen LogP contribution in [0.1, 0.15) is 30.9 Å². The summed E-state index contributed by atoms with van der Waals surface area (Å²) in [5, 5.41) is 51.0. The summed E-state index contributed by atoms with van der Waals surface area (Å²) < 4.78 is 25.7. The molecule has 42 heavy (non-hydrogen) atoms. The van der Waals surface area contributed by atoms with Crippen LogP contribution in [0.3, 0.4) is 0 Å². The Morgan fingerprint density at radius 3 is 1.86 bits per heavy atom. The van der Waals surface area contributed by atoms with Crippen molar-refractivity contribution in [2.24, 2.45) is 0 Å². The van der Waals surface area contributed by atoms with Crippen molar-refractivity contribution >= 4 is 30.1 Å². The second-order valence-corrected chi connectivity index (χ2v) is 9.29. The van der Waals surface area contributed by atoms with Gasteiger partial charge in [-0.05, 0) is 54.5 Å². The molecule has 0 bridgehead atoms. The lowest BCUT2D eigenvalue weighted by Crippen LogP contribution is -2.58. The smallest absolute Gasteiger partial charge is 0.338 e. The average molecular weight is 589 g/mol. The van der Waals surface area contributed by atoms with E-state index in [1.807, 2.05) is 0 Å². The zero-order chi connectivity index (χ0) is 31.0. The molecule has 3 rings (SSSR count). The number of phenols is 3. The number of hydrogen-bond acceptors (Lipinski definition) is 13. The van der Waals surface area contributed by atoms with Crippen molar-refractivity contribution in [3.8, 4) is 28.7 Å². The molecule has 0 saturated heterocycles. The van der Waals surface area contributed by atoms with Gasteiger partial charge in [-0.1, -0.05) is 6.07 Å². The number of aromatic hydroxyl groups is 3. The molecule has 13 heteroatoms. The van der Waals surface area contributed by atoms with E-state index in [0.29, 0.717) is 11.1 Å². The number of rotatable bonds is 10. The summed E-state index contributed by atoms with van der Waals surface area (Å²) in [6, 6.07) is 6.69. The van der Waals surface area contributed by atoms with Crippen LogP contribution < -0.4 is 9.47 Å². The van der Waals surface area contributed by atoms with Crippen molar-refractivity contribution in [1.29, 1.82) is 0 Å². The van der Waals surface area contributed by atoms with Gasteiger partial charge in [-0.3, -0.25) is 0 Å². The van der Waals surface area contributed by atoms with E-state index >= 15 is 0 Å². The number of aliphatic hydroxyl groups excluding tert-OH is 1. The summed E-state index contributed by atoms with van der Waals surface area (Å²) in [4.78, 5) is 37.8. The molecular formula is C29H32O13. The van der Waals surface area contributed by atoms with Gasteiger partial charge in [0.25, 0.3) is 0 Å². The molecule has 1 fully saturated rings. The highest BCUT2D eigenvalue weighted by Gasteiger charge is 2.53. The minimum absolute atomic E-state index is 0.0664. The summed E-state index contributed by atoms with van der Waals surface area (Å²) in [7, 11) is 2.67. The number of methoxy groups -OCH3 is 2. The molecule has 5 N–H and O–H groups in total. The van der Waals surface area contributed by atoms with Crippen molar-refractivity contribution < 1.29 is 63.6 Å². The van der Waals surface area contributed by atoms with Crippen LogP contribution in [0.25, 0.3) is 12.2 Å². The number of carbonyl (C=O) groups excluding carboxylic acids is 3. The Morgan fingerprint density at radius 1 is 0.857 bits per heavy atom. The molecule has 13 nitrogen and oxygen atoms in total. The van der Waals surface area contributed by atoms with E-state index in [-0.39, 0.29) is 29.6 Å². The standard InChI is InChI=1S/C29H32O13/c1-4-40-28(36)29(37)14-22(41-24(32)9-6-16-5-8-18(30)19(31)11-16)27(35)23(15-29)42-25(33)10-7-17-12-20(38-2)26(34)21(13-17)39-3/h5-13,22-23,27,30-31,34-35,37H,4,14-15H2,1-3H3/b9-6+,10-7+/t22-,23-,27?,29?/m1/s1. The van der Waals surface area contributed by atoms with E-state index in [1.165, 1.54) is 63.6 Å². The first-order chi connectivity index (χ1) is 19.9. The highest BCUT2D eigenvalue weighted by Crippen LogP contribution is 2.38. The summed E-state index contributed by atoms with van der Waals surface area (Å²) in [5.41, 5.74) is -1.51.